The Morgan fingerprint density at radius 3 is 2.43 bits per heavy atom. The second-order valence-corrected chi connectivity index (χ2v) is 9.46. The van der Waals surface area contributed by atoms with Crippen LogP contribution in [-0.4, -0.2) is 46.7 Å². The number of fused-ring (bicyclic) bond motifs is 1. The van der Waals surface area contributed by atoms with Crippen LogP contribution in [0.3, 0.4) is 0 Å². The van der Waals surface area contributed by atoms with E-state index in [1.807, 2.05) is 19.1 Å². The molecule has 3 aromatic rings. The number of amides is 1. The summed E-state index contributed by atoms with van der Waals surface area (Å²) in [5, 5.41) is 0. The van der Waals surface area contributed by atoms with Crippen LogP contribution < -0.4 is 19.1 Å². The third kappa shape index (κ3) is 5.38. The monoisotopic (exact) mass is 496 g/mol. The average molecular weight is 497 g/mol. The van der Waals surface area contributed by atoms with Gasteiger partial charge in [-0.25, -0.2) is 13.2 Å². The molecule has 0 unspecified atom stereocenters. The van der Waals surface area contributed by atoms with Crippen molar-refractivity contribution in [2.75, 3.05) is 29.9 Å². The number of hydrogen-bond acceptors (Lipinski definition) is 7. The average Bonchev–Trinajstić information content (AvgIpc) is 2.87. The van der Waals surface area contributed by atoms with Crippen molar-refractivity contribution < 1.29 is 32.2 Å². The SMILES string of the molecule is COC(=O)[C@H]1CN(C(=O)COc2ccc(S(=O)(=O)Nc3ccccc3C)cc2)c2ccccc2O1. The first-order chi connectivity index (χ1) is 16.8. The van der Waals surface area contributed by atoms with Gasteiger partial charge in [0.05, 0.1) is 29.9 Å². The molecule has 1 aliphatic heterocycles. The van der Waals surface area contributed by atoms with Crippen molar-refractivity contribution in [2.24, 2.45) is 0 Å². The minimum atomic E-state index is -3.79. The van der Waals surface area contributed by atoms with Gasteiger partial charge in [0.2, 0.25) is 6.10 Å². The molecule has 0 radical (unpaired) electrons. The number of anilines is 2. The molecule has 1 atom stereocenters. The zero-order valence-electron chi connectivity index (χ0n) is 19.1. The molecule has 0 saturated heterocycles. The molecular formula is C25H24N2O7S. The molecule has 4 rings (SSSR count). The number of esters is 1. The standard InChI is InChI=1S/C25H24N2O7S/c1-17-7-3-4-8-20(17)26-35(30,31)19-13-11-18(12-14-19)33-16-24(28)27-15-23(25(29)32-2)34-22-10-6-5-9-21(22)27/h3-14,23,26H,15-16H2,1-2H3/t23-/m1/s1. The van der Waals surface area contributed by atoms with Gasteiger partial charge in [-0.3, -0.25) is 9.52 Å². The molecule has 0 aromatic heterocycles. The number of sulfonamides is 1. The summed E-state index contributed by atoms with van der Waals surface area (Å²) in [6.45, 7) is 1.47. The molecule has 182 valence electrons. The van der Waals surface area contributed by atoms with Crippen LogP contribution >= 0.6 is 0 Å². The molecule has 0 bridgehead atoms. The summed E-state index contributed by atoms with van der Waals surface area (Å²) in [6.07, 6.45) is -0.955. The summed E-state index contributed by atoms with van der Waals surface area (Å²) in [6, 6.07) is 19.7. The molecule has 35 heavy (non-hydrogen) atoms. The first-order valence-corrected chi connectivity index (χ1v) is 12.2. The van der Waals surface area contributed by atoms with Gasteiger partial charge in [-0.2, -0.15) is 0 Å². The highest BCUT2D eigenvalue weighted by atomic mass is 32.2. The lowest BCUT2D eigenvalue weighted by Gasteiger charge is -2.33. The van der Waals surface area contributed by atoms with E-state index in [-0.39, 0.29) is 18.0 Å². The largest absolute Gasteiger partial charge is 0.484 e. The van der Waals surface area contributed by atoms with Gasteiger partial charge in [0.1, 0.15) is 11.5 Å². The number of ether oxygens (including phenoxy) is 3. The highest BCUT2D eigenvalue weighted by Gasteiger charge is 2.34. The number of carbonyl (C=O) groups excluding carboxylic acids is 2. The van der Waals surface area contributed by atoms with Crippen LogP contribution in [-0.2, 0) is 24.3 Å². The summed E-state index contributed by atoms with van der Waals surface area (Å²) in [7, 11) is -2.54. The molecule has 1 heterocycles. The van der Waals surface area contributed by atoms with Crippen LogP contribution in [0.25, 0.3) is 0 Å². The van der Waals surface area contributed by atoms with Gasteiger partial charge in [-0.05, 0) is 55.0 Å². The molecule has 0 aliphatic carbocycles. The Kier molecular flexibility index (Phi) is 6.92. The fourth-order valence-corrected chi connectivity index (χ4v) is 4.68. The van der Waals surface area contributed by atoms with Gasteiger partial charge in [-0.1, -0.05) is 30.3 Å². The predicted octanol–water partition coefficient (Wildman–Crippen LogP) is 3.14. The minimum absolute atomic E-state index is 0.0202. The molecule has 1 N–H and O–H groups in total. The van der Waals surface area contributed by atoms with Gasteiger partial charge in [0.15, 0.2) is 6.61 Å². The number of nitrogens with one attached hydrogen (secondary N) is 1. The molecule has 9 nitrogen and oxygen atoms in total. The van der Waals surface area contributed by atoms with Crippen molar-refractivity contribution >= 4 is 33.3 Å². The maximum Gasteiger partial charge on any atom is 0.348 e. The van der Waals surface area contributed by atoms with Crippen molar-refractivity contribution in [3.05, 3.63) is 78.4 Å². The first-order valence-electron chi connectivity index (χ1n) is 10.7. The zero-order valence-corrected chi connectivity index (χ0v) is 19.9. The van der Waals surface area contributed by atoms with Crippen LogP contribution in [0.1, 0.15) is 5.56 Å². The zero-order chi connectivity index (χ0) is 25.0. The van der Waals surface area contributed by atoms with Crippen molar-refractivity contribution in [1.29, 1.82) is 0 Å². The Labute approximate surface area is 203 Å². The van der Waals surface area contributed by atoms with E-state index < -0.39 is 28.0 Å². The summed E-state index contributed by atoms with van der Waals surface area (Å²) in [4.78, 5) is 26.4. The summed E-state index contributed by atoms with van der Waals surface area (Å²) >= 11 is 0. The molecule has 3 aromatic carbocycles. The minimum Gasteiger partial charge on any atom is -0.484 e. The van der Waals surface area contributed by atoms with E-state index >= 15 is 0 Å². The molecule has 0 saturated carbocycles. The van der Waals surface area contributed by atoms with Gasteiger partial charge >= 0.3 is 5.97 Å². The normalized spacial score (nSPS) is 14.9. The Morgan fingerprint density at radius 2 is 1.71 bits per heavy atom. The van der Waals surface area contributed by atoms with Crippen molar-refractivity contribution in [2.45, 2.75) is 17.9 Å². The molecule has 0 fully saturated rings. The van der Waals surface area contributed by atoms with Crippen LogP contribution in [0.4, 0.5) is 11.4 Å². The highest BCUT2D eigenvalue weighted by molar-refractivity contribution is 7.92. The number of methoxy groups -OCH3 is 1. The topological polar surface area (TPSA) is 111 Å². The number of aryl methyl sites for hydroxylation is 1. The molecular weight excluding hydrogens is 472 g/mol. The van der Waals surface area contributed by atoms with E-state index in [4.69, 9.17) is 14.2 Å². The Bertz CT molecular complexity index is 1340. The van der Waals surface area contributed by atoms with Crippen LogP contribution in [0.5, 0.6) is 11.5 Å². The van der Waals surface area contributed by atoms with Crippen molar-refractivity contribution in [3.63, 3.8) is 0 Å². The molecule has 10 heteroatoms. The quantitative estimate of drug-likeness (QED) is 0.500. The van der Waals surface area contributed by atoms with Gasteiger partial charge in [0, 0.05) is 0 Å². The van der Waals surface area contributed by atoms with E-state index in [0.717, 1.165) is 5.56 Å². The Morgan fingerprint density at radius 1 is 1.03 bits per heavy atom. The molecule has 1 aliphatic rings. The molecule has 0 spiro atoms. The fraction of sp³-hybridized carbons (Fsp3) is 0.200. The van der Waals surface area contributed by atoms with Gasteiger partial charge in [-0.15, -0.1) is 0 Å². The van der Waals surface area contributed by atoms with Crippen LogP contribution in [0.2, 0.25) is 0 Å². The van der Waals surface area contributed by atoms with Crippen molar-refractivity contribution in [1.82, 2.24) is 0 Å². The highest BCUT2D eigenvalue weighted by Crippen LogP contribution is 2.33. The predicted molar refractivity (Wildman–Crippen MR) is 129 cm³/mol. The Hall–Kier alpha value is -4.05. The lowest BCUT2D eigenvalue weighted by molar-refractivity contribution is -0.148. The lowest BCUT2D eigenvalue weighted by atomic mass is 10.2. The number of rotatable bonds is 7. The summed E-state index contributed by atoms with van der Waals surface area (Å²) in [5.41, 5.74) is 1.81. The number of carbonyl (C=O) groups is 2. The third-order valence-electron chi connectivity index (χ3n) is 5.42. The third-order valence-corrected chi connectivity index (χ3v) is 6.81. The number of benzene rings is 3. The maximum atomic E-state index is 12.9. The summed E-state index contributed by atoms with van der Waals surface area (Å²) < 4.78 is 44.0. The second-order valence-electron chi connectivity index (χ2n) is 7.78. The molecule has 1 amide bonds. The fourth-order valence-electron chi connectivity index (χ4n) is 3.55. The first kappa shape index (κ1) is 24.1. The number of nitrogens with zero attached hydrogens (tertiary/aromatic N) is 1. The Balaban J connectivity index is 1.43. The number of hydrogen-bond donors (Lipinski definition) is 1. The van der Waals surface area contributed by atoms with Gasteiger partial charge in [0.25, 0.3) is 15.9 Å². The van der Waals surface area contributed by atoms with E-state index in [2.05, 4.69) is 4.72 Å². The van der Waals surface area contributed by atoms with Crippen molar-refractivity contribution in [3.8, 4) is 11.5 Å². The lowest BCUT2D eigenvalue weighted by Crippen LogP contribution is -2.48. The van der Waals surface area contributed by atoms with Crippen LogP contribution in [0, 0.1) is 6.92 Å². The summed E-state index contributed by atoms with van der Waals surface area (Å²) in [5.74, 6) is -0.278. The maximum absolute atomic E-state index is 12.9. The van der Waals surface area contributed by atoms with E-state index in [9.17, 15) is 18.0 Å². The van der Waals surface area contributed by atoms with Gasteiger partial charge < -0.3 is 19.1 Å². The number of para-hydroxylation sites is 3. The van der Waals surface area contributed by atoms with Crippen LogP contribution in [0.15, 0.2) is 77.7 Å². The van der Waals surface area contributed by atoms with E-state index in [0.29, 0.717) is 22.9 Å². The second kappa shape index (κ2) is 10.1. The van der Waals surface area contributed by atoms with E-state index in [1.165, 1.54) is 36.3 Å². The van der Waals surface area contributed by atoms with E-state index in [1.54, 1.807) is 36.4 Å². The smallest absolute Gasteiger partial charge is 0.348 e.